The lowest BCUT2D eigenvalue weighted by atomic mass is 10.1. The van der Waals surface area contributed by atoms with E-state index in [1.807, 2.05) is 31.9 Å². The van der Waals surface area contributed by atoms with Crippen molar-refractivity contribution in [3.8, 4) is 0 Å². The average Bonchev–Trinajstić information content (AvgIpc) is 2.76. The van der Waals surface area contributed by atoms with Crippen LogP contribution in [0.25, 0.3) is 10.2 Å². The third-order valence-electron chi connectivity index (χ3n) is 4.03. The Morgan fingerprint density at radius 1 is 1.38 bits per heavy atom. The summed E-state index contributed by atoms with van der Waals surface area (Å²) in [4.78, 5) is 20.5. The van der Waals surface area contributed by atoms with Crippen LogP contribution in [0.1, 0.15) is 47.6 Å². The van der Waals surface area contributed by atoms with Crippen LogP contribution >= 0.6 is 11.3 Å². The summed E-state index contributed by atoms with van der Waals surface area (Å²) in [6, 6.07) is 2.25. The molecule has 5 heteroatoms. The Balaban J connectivity index is 2.50. The maximum Gasteiger partial charge on any atom is 0.266 e. The molecule has 0 atom stereocenters. The van der Waals surface area contributed by atoms with Crippen LogP contribution in [-0.2, 0) is 0 Å². The summed E-state index contributed by atoms with van der Waals surface area (Å²) < 4.78 is 0. The molecule has 2 N–H and O–H groups in total. The number of hydrogen-bond donors (Lipinski definition) is 1. The van der Waals surface area contributed by atoms with Crippen LogP contribution in [-0.4, -0.2) is 28.9 Å². The van der Waals surface area contributed by atoms with Gasteiger partial charge in [0.1, 0.15) is 9.71 Å². The number of aryl methyl sites for hydroxylation is 2. The second-order valence-corrected chi connectivity index (χ2v) is 6.49. The first kappa shape index (κ1) is 15.8. The summed E-state index contributed by atoms with van der Waals surface area (Å²) in [6.45, 7) is 8.17. The van der Waals surface area contributed by atoms with Crippen LogP contribution in [0, 0.1) is 13.8 Å². The number of amides is 1. The highest BCUT2D eigenvalue weighted by Crippen LogP contribution is 2.35. The lowest BCUT2D eigenvalue weighted by Gasteiger charge is -2.25. The molecule has 0 aliphatic rings. The van der Waals surface area contributed by atoms with E-state index in [-0.39, 0.29) is 11.9 Å². The lowest BCUT2D eigenvalue weighted by Crippen LogP contribution is -2.36. The van der Waals surface area contributed by atoms with Gasteiger partial charge >= 0.3 is 0 Å². The molecule has 2 aromatic heterocycles. The van der Waals surface area contributed by atoms with Crippen molar-refractivity contribution in [1.82, 2.24) is 9.88 Å². The van der Waals surface area contributed by atoms with Crippen molar-refractivity contribution in [2.75, 3.05) is 12.8 Å². The molecule has 0 unspecified atom stereocenters. The van der Waals surface area contributed by atoms with E-state index in [0.717, 1.165) is 34.3 Å². The SMILES string of the molecule is CCC(CC)N(C)C(=O)c1sc2nc(C)cc(C)c2c1N. The second kappa shape index (κ2) is 6.02. The molecule has 0 aliphatic carbocycles. The molecule has 0 saturated carbocycles. The number of rotatable bonds is 4. The van der Waals surface area contributed by atoms with Gasteiger partial charge in [-0.1, -0.05) is 13.8 Å². The van der Waals surface area contributed by atoms with Gasteiger partial charge in [0.15, 0.2) is 0 Å². The van der Waals surface area contributed by atoms with Gasteiger partial charge in [-0.3, -0.25) is 4.79 Å². The topological polar surface area (TPSA) is 59.2 Å². The van der Waals surface area contributed by atoms with E-state index in [9.17, 15) is 4.79 Å². The molecule has 0 fully saturated rings. The monoisotopic (exact) mass is 305 g/mol. The Hall–Kier alpha value is -1.62. The number of aromatic nitrogens is 1. The number of nitrogen functional groups attached to an aromatic ring is 1. The van der Waals surface area contributed by atoms with E-state index in [2.05, 4.69) is 18.8 Å². The number of anilines is 1. The number of nitrogens with two attached hydrogens (primary N) is 1. The van der Waals surface area contributed by atoms with Gasteiger partial charge < -0.3 is 10.6 Å². The van der Waals surface area contributed by atoms with Crippen LogP contribution in [0.15, 0.2) is 6.07 Å². The molecule has 1 amide bonds. The van der Waals surface area contributed by atoms with Gasteiger partial charge in [0.25, 0.3) is 5.91 Å². The highest BCUT2D eigenvalue weighted by molar-refractivity contribution is 7.21. The Bertz CT molecular complexity index is 674. The predicted octanol–water partition coefficient (Wildman–Crippen LogP) is 3.76. The predicted molar refractivity (Wildman–Crippen MR) is 90.0 cm³/mol. The van der Waals surface area contributed by atoms with Crippen LogP contribution in [0.4, 0.5) is 5.69 Å². The number of thiophene rings is 1. The van der Waals surface area contributed by atoms with Crippen LogP contribution < -0.4 is 5.73 Å². The van der Waals surface area contributed by atoms with E-state index in [1.54, 1.807) is 0 Å². The molecule has 2 rings (SSSR count). The molecule has 2 heterocycles. The number of pyridine rings is 1. The van der Waals surface area contributed by atoms with Gasteiger partial charge in [-0.2, -0.15) is 0 Å². The number of carbonyl (C=O) groups is 1. The van der Waals surface area contributed by atoms with Gasteiger partial charge in [0.2, 0.25) is 0 Å². The molecule has 4 nitrogen and oxygen atoms in total. The first-order chi connectivity index (χ1) is 9.90. The Morgan fingerprint density at radius 2 is 2.00 bits per heavy atom. The van der Waals surface area contributed by atoms with Gasteiger partial charge in [-0.15, -0.1) is 11.3 Å². The maximum atomic E-state index is 12.7. The van der Waals surface area contributed by atoms with Crippen molar-refractivity contribution in [3.05, 3.63) is 22.2 Å². The van der Waals surface area contributed by atoms with Crippen molar-refractivity contribution in [1.29, 1.82) is 0 Å². The molecule has 114 valence electrons. The third-order valence-corrected chi connectivity index (χ3v) is 5.12. The number of fused-ring (bicyclic) bond motifs is 1. The molecule has 0 spiro atoms. The maximum absolute atomic E-state index is 12.7. The molecule has 0 bridgehead atoms. The van der Waals surface area contributed by atoms with E-state index >= 15 is 0 Å². The fourth-order valence-electron chi connectivity index (χ4n) is 2.79. The van der Waals surface area contributed by atoms with Crippen LogP contribution in [0.3, 0.4) is 0 Å². The Kier molecular flexibility index (Phi) is 4.52. The van der Waals surface area contributed by atoms with E-state index in [1.165, 1.54) is 11.3 Å². The summed E-state index contributed by atoms with van der Waals surface area (Å²) in [6.07, 6.45) is 1.89. The van der Waals surface area contributed by atoms with Crippen molar-refractivity contribution < 1.29 is 4.79 Å². The number of hydrogen-bond acceptors (Lipinski definition) is 4. The molecule has 21 heavy (non-hydrogen) atoms. The minimum absolute atomic E-state index is 0.00116. The molecular weight excluding hydrogens is 282 g/mol. The minimum Gasteiger partial charge on any atom is -0.397 e. The van der Waals surface area contributed by atoms with Crippen molar-refractivity contribution in [3.63, 3.8) is 0 Å². The van der Waals surface area contributed by atoms with Gasteiger partial charge in [0.05, 0.1) is 5.69 Å². The second-order valence-electron chi connectivity index (χ2n) is 5.49. The summed E-state index contributed by atoms with van der Waals surface area (Å²) in [5.41, 5.74) is 8.84. The van der Waals surface area contributed by atoms with Crippen LogP contribution in [0.5, 0.6) is 0 Å². The first-order valence-corrected chi connectivity index (χ1v) is 8.15. The summed E-state index contributed by atoms with van der Waals surface area (Å²) in [5, 5.41) is 0.923. The van der Waals surface area contributed by atoms with Crippen LogP contribution in [0.2, 0.25) is 0 Å². The molecule has 0 radical (unpaired) electrons. The Labute approximate surface area is 130 Å². The van der Waals surface area contributed by atoms with E-state index in [0.29, 0.717) is 10.6 Å². The Morgan fingerprint density at radius 3 is 2.57 bits per heavy atom. The smallest absolute Gasteiger partial charge is 0.266 e. The summed E-state index contributed by atoms with van der Waals surface area (Å²) in [7, 11) is 1.86. The zero-order valence-corrected chi connectivity index (χ0v) is 14.2. The summed E-state index contributed by atoms with van der Waals surface area (Å²) in [5.74, 6) is 0.00116. The molecule has 0 aliphatic heterocycles. The molecule has 0 aromatic carbocycles. The molecule has 2 aromatic rings. The van der Waals surface area contributed by atoms with Crippen molar-refractivity contribution in [2.24, 2.45) is 0 Å². The quantitative estimate of drug-likeness (QED) is 0.935. The molecular formula is C16H23N3OS. The fraction of sp³-hybridized carbons (Fsp3) is 0.500. The average molecular weight is 305 g/mol. The van der Waals surface area contributed by atoms with E-state index < -0.39 is 0 Å². The standard InChI is InChI=1S/C16H23N3OS/c1-6-11(7-2)19(5)16(20)14-13(17)12-9(3)8-10(4)18-15(12)21-14/h8,11H,6-7,17H2,1-5H3. The van der Waals surface area contributed by atoms with Gasteiger partial charge in [0, 0.05) is 24.2 Å². The van der Waals surface area contributed by atoms with Gasteiger partial charge in [-0.05, 0) is 38.3 Å². The van der Waals surface area contributed by atoms with Gasteiger partial charge in [-0.25, -0.2) is 4.98 Å². The normalized spacial score (nSPS) is 11.3. The van der Waals surface area contributed by atoms with Crippen molar-refractivity contribution in [2.45, 2.75) is 46.6 Å². The fourth-order valence-corrected chi connectivity index (χ4v) is 3.99. The first-order valence-electron chi connectivity index (χ1n) is 7.34. The van der Waals surface area contributed by atoms with E-state index in [4.69, 9.17) is 5.73 Å². The molecule has 0 saturated heterocycles. The zero-order chi connectivity index (χ0) is 15.7. The summed E-state index contributed by atoms with van der Waals surface area (Å²) >= 11 is 1.40. The van der Waals surface area contributed by atoms with Crippen molar-refractivity contribution >= 4 is 33.1 Å². The number of carbonyl (C=O) groups excluding carboxylic acids is 1. The highest BCUT2D eigenvalue weighted by Gasteiger charge is 2.24. The number of nitrogens with zero attached hydrogens (tertiary/aromatic N) is 2. The lowest BCUT2D eigenvalue weighted by molar-refractivity contribution is 0.0729. The zero-order valence-electron chi connectivity index (χ0n) is 13.4. The third kappa shape index (κ3) is 2.75. The highest BCUT2D eigenvalue weighted by atomic mass is 32.1. The largest absolute Gasteiger partial charge is 0.397 e. The minimum atomic E-state index is 0.00116.